The molecule has 0 amide bonds. The van der Waals surface area contributed by atoms with Gasteiger partial charge in [0, 0.05) is 18.1 Å². The van der Waals surface area contributed by atoms with E-state index in [-0.39, 0.29) is 6.10 Å². The van der Waals surface area contributed by atoms with Gasteiger partial charge in [0.25, 0.3) is 0 Å². The number of allylic oxidation sites excluding steroid dienone is 1. The normalized spacial score (nSPS) is 19.1. The first-order valence-corrected chi connectivity index (χ1v) is 11.7. The molecule has 0 radical (unpaired) electrons. The average molecular weight is 344 g/mol. The van der Waals surface area contributed by atoms with Gasteiger partial charge in [-0.2, -0.15) is 0 Å². The molecule has 1 fully saturated rings. The highest BCUT2D eigenvalue weighted by Gasteiger charge is 2.37. The number of nitrogens with one attached hydrogen (secondary N) is 1. The highest BCUT2D eigenvalue weighted by atomic mass is 35.5. The molecule has 0 bridgehead atoms. The Kier molecular flexibility index (Phi) is 7.87. The van der Waals surface area contributed by atoms with Crippen LogP contribution in [0.1, 0.15) is 47.5 Å². The van der Waals surface area contributed by atoms with Crippen LogP contribution in [0.5, 0.6) is 0 Å². The quantitative estimate of drug-likeness (QED) is 0.397. The second kappa shape index (κ2) is 8.67. The van der Waals surface area contributed by atoms with Crippen molar-refractivity contribution in [2.75, 3.05) is 13.1 Å². The van der Waals surface area contributed by atoms with Crippen molar-refractivity contribution in [2.45, 2.75) is 71.7 Å². The molecule has 128 valence electrons. The number of halogens is 1. The van der Waals surface area contributed by atoms with Crippen molar-refractivity contribution in [3.63, 3.8) is 0 Å². The molecule has 0 aromatic rings. The summed E-state index contributed by atoms with van der Waals surface area (Å²) < 4.78 is 6.66. The first-order chi connectivity index (χ1) is 10.3. The van der Waals surface area contributed by atoms with Gasteiger partial charge in [-0.15, -0.1) is 0 Å². The van der Waals surface area contributed by atoms with E-state index in [4.69, 9.17) is 16.0 Å². The van der Waals surface area contributed by atoms with Crippen molar-refractivity contribution in [2.24, 2.45) is 5.41 Å². The molecule has 0 aromatic heterocycles. The van der Waals surface area contributed by atoms with E-state index >= 15 is 0 Å². The van der Waals surface area contributed by atoms with Crippen molar-refractivity contribution in [3.8, 4) is 0 Å². The maximum Gasteiger partial charge on any atom is 0.192 e. The summed E-state index contributed by atoms with van der Waals surface area (Å²) in [6.45, 7) is 17.1. The van der Waals surface area contributed by atoms with E-state index in [0.717, 1.165) is 41.8 Å². The minimum Gasteiger partial charge on any atom is -0.409 e. The first-order valence-electron chi connectivity index (χ1n) is 8.75. The van der Waals surface area contributed by atoms with Crippen LogP contribution in [-0.4, -0.2) is 27.5 Å². The summed E-state index contributed by atoms with van der Waals surface area (Å²) in [5, 5.41) is 4.33. The summed E-state index contributed by atoms with van der Waals surface area (Å²) in [7, 11) is -1.67. The van der Waals surface area contributed by atoms with Gasteiger partial charge < -0.3 is 9.74 Å². The lowest BCUT2D eigenvalue weighted by Crippen LogP contribution is -2.44. The van der Waals surface area contributed by atoms with Crippen LogP contribution in [-0.2, 0) is 4.43 Å². The Hall–Kier alpha value is -0.0931. The molecule has 4 heteroatoms. The Labute approximate surface area is 143 Å². The van der Waals surface area contributed by atoms with E-state index in [9.17, 15) is 0 Å². The fourth-order valence-corrected chi connectivity index (χ4v) is 5.72. The highest BCUT2D eigenvalue weighted by molar-refractivity contribution is 6.73. The SMILES string of the molecule is C=C(C(Cl)=CC)C(CNCC1(C)CC1)O[Si](CC)(CC)CC. The first kappa shape index (κ1) is 20.0. The third-order valence-electron chi connectivity index (χ3n) is 5.26. The minimum absolute atomic E-state index is 0.00225. The zero-order valence-electron chi connectivity index (χ0n) is 15.1. The fraction of sp³-hybridized carbons (Fsp3) is 0.778. The van der Waals surface area contributed by atoms with E-state index < -0.39 is 8.32 Å². The summed E-state index contributed by atoms with van der Waals surface area (Å²) in [5.74, 6) is 0. The van der Waals surface area contributed by atoms with Crippen LogP contribution in [0.2, 0.25) is 18.1 Å². The number of hydrogen-bond acceptors (Lipinski definition) is 2. The molecule has 1 rings (SSSR count). The van der Waals surface area contributed by atoms with E-state index in [1.807, 2.05) is 13.0 Å². The van der Waals surface area contributed by atoms with Crippen molar-refractivity contribution >= 4 is 19.9 Å². The van der Waals surface area contributed by atoms with Crippen molar-refractivity contribution in [1.29, 1.82) is 0 Å². The van der Waals surface area contributed by atoms with Crippen LogP contribution in [0.4, 0.5) is 0 Å². The molecular weight excluding hydrogens is 310 g/mol. The molecule has 1 unspecified atom stereocenters. The van der Waals surface area contributed by atoms with Crippen LogP contribution >= 0.6 is 11.6 Å². The third kappa shape index (κ3) is 5.52. The molecule has 1 saturated carbocycles. The van der Waals surface area contributed by atoms with Gasteiger partial charge in [0.05, 0.1) is 6.10 Å². The highest BCUT2D eigenvalue weighted by Crippen LogP contribution is 2.44. The van der Waals surface area contributed by atoms with Crippen LogP contribution in [0, 0.1) is 5.41 Å². The molecule has 1 aliphatic rings. The summed E-state index contributed by atoms with van der Waals surface area (Å²) >= 11 is 6.32. The van der Waals surface area contributed by atoms with Gasteiger partial charge >= 0.3 is 0 Å². The number of hydrogen-bond donors (Lipinski definition) is 1. The van der Waals surface area contributed by atoms with Crippen molar-refractivity contribution in [3.05, 3.63) is 23.3 Å². The molecule has 0 saturated heterocycles. The largest absolute Gasteiger partial charge is 0.409 e. The van der Waals surface area contributed by atoms with Gasteiger partial charge in [0.15, 0.2) is 8.32 Å². The molecule has 0 aliphatic heterocycles. The lowest BCUT2D eigenvalue weighted by molar-refractivity contribution is 0.217. The van der Waals surface area contributed by atoms with Gasteiger partial charge in [-0.25, -0.2) is 0 Å². The maximum atomic E-state index is 6.66. The van der Waals surface area contributed by atoms with Gasteiger partial charge in [0.2, 0.25) is 0 Å². The monoisotopic (exact) mass is 343 g/mol. The van der Waals surface area contributed by atoms with Crippen molar-refractivity contribution in [1.82, 2.24) is 5.32 Å². The van der Waals surface area contributed by atoms with Gasteiger partial charge in [-0.05, 0) is 48.9 Å². The average Bonchev–Trinajstić information content (AvgIpc) is 3.27. The summed E-state index contributed by atoms with van der Waals surface area (Å²) in [5.41, 5.74) is 1.43. The van der Waals surface area contributed by atoms with Crippen LogP contribution in [0.25, 0.3) is 0 Å². The molecule has 0 heterocycles. The molecule has 0 spiro atoms. The molecule has 1 atom stereocenters. The Bertz CT molecular complexity index is 392. The Morgan fingerprint density at radius 3 is 2.27 bits per heavy atom. The lowest BCUT2D eigenvalue weighted by Gasteiger charge is -2.34. The second-order valence-corrected chi connectivity index (χ2v) is 12.1. The van der Waals surface area contributed by atoms with Gasteiger partial charge in [-0.1, -0.05) is 52.0 Å². The topological polar surface area (TPSA) is 21.3 Å². The van der Waals surface area contributed by atoms with E-state index in [1.54, 1.807) is 0 Å². The number of rotatable bonds is 11. The molecular formula is C18H34ClNOSi. The molecule has 1 aliphatic carbocycles. The Morgan fingerprint density at radius 1 is 1.32 bits per heavy atom. The standard InChI is InChI=1S/C18H34ClNOSi/c1-7-16(19)15(5)17(13-20-14-18(6)11-12-18)21-22(8-2,9-3)10-4/h7,17,20H,5,8-14H2,1-4,6H3. The lowest BCUT2D eigenvalue weighted by atomic mass is 10.1. The zero-order valence-corrected chi connectivity index (χ0v) is 16.9. The summed E-state index contributed by atoms with van der Waals surface area (Å²) in [4.78, 5) is 0. The smallest absolute Gasteiger partial charge is 0.192 e. The molecule has 2 nitrogen and oxygen atoms in total. The molecule has 1 N–H and O–H groups in total. The van der Waals surface area contributed by atoms with Gasteiger partial charge in [-0.3, -0.25) is 0 Å². The summed E-state index contributed by atoms with van der Waals surface area (Å²) in [6.07, 6.45) is 4.58. The fourth-order valence-electron chi connectivity index (χ4n) is 2.77. The second-order valence-electron chi connectivity index (χ2n) is 6.95. The zero-order chi connectivity index (χ0) is 16.8. The predicted molar refractivity (Wildman–Crippen MR) is 101 cm³/mol. The summed E-state index contributed by atoms with van der Waals surface area (Å²) in [6, 6.07) is 3.44. The Morgan fingerprint density at radius 2 is 1.86 bits per heavy atom. The van der Waals surface area contributed by atoms with Crippen LogP contribution in [0.15, 0.2) is 23.3 Å². The van der Waals surface area contributed by atoms with Gasteiger partial charge in [0.1, 0.15) is 0 Å². The van der Waals surface area contributed by atoms with Crippen LogP contribution < -0.4 is 5.32 Å². The van der Waals surface area contributed by atoms with Crippen LogP contribution in [0.3, 0.4) is 0 Å². The molecule has 0 aromatic carbocycles. The third-order valence-corrected chi connectivity index (χ3v) is 10.4. The van der Waals surface area contributed by atoms with E-state index in [1.165, 1.54) is 12.8 Å². The van der Waals surface area contributed by atoms with E-state index in [0.29, 0.717) is 5.41 Å². The Balaban J connectivity index is 2.73. The predicted octanol–water partition coefficient (Wildman–Crippen LogP) is 5.47. The maximum absolute atomic E-state index is 6.66. The minimum atomic E-state index is -1.67. The van der Waals surface area contributed by atoms with E-state index in [2.05, 4.69) is 39.6 Å². The van der Waals surface area contributed by atoms with Crippen molar-refractivity contribution < 1.29 is 4.43 Å². The molecule has 22 heavy (non-hydrogen) atoms.